The Labute approximate surface area is 366 Å². The fraction of sp³-hybridized carbons (Fsp3) is 0.854. The van der Waals surface area contributed by atoms with Crippen LogP contribution in [0.4, 0.5) is 0 Å². The third-order valence-corrected chi connectivity index (χ3v) is 11.6. The Hall–Kier alpha value is -2.04. The molecular formula is C48H90NO10P. The Morgan fingerprint density at radius 1 is 0.500 bits per heavy atom. The van der Waals surface area contributed by atoms with Crippen LogP contribution in [0.3, 0.4) is 0 Å². The highest BCUT2D eigenvalue weighted by atomic mass is 31.2. The lowest BCUT2D eigenvalue weighted by molar-refractivity contribution is -0.161. The number of hydrogen-bond donors (Lipinski definition) is 3. The third kappa shape index (κ3) is 42.6. The third-order valence-electron chi connectivity index (χ3n) is 10.7. The summed E-state index contributed by atoms with van der Waals surface area (Å²) in [6, 6.07) is -1.52. The highest BCUT2D eigenvalue weighted by Crippen LogP contribution is 2.43. The second kappa shape index (κ2) is 43.6. The number of allylic oxidation sites excluding steroid dienone is 4. The molecule has 12 heteroatoms. The first-order chi connectivity index (χ1) is 29.1. The van der Waals surface area contributed by atoms with Crippen molar-refractivity contribution in [3.8, 4) is 0 Å². The van der Waals surface area contributed by atoms with Gasteiger partial charge in [-0.1, -0.05) is 179 Å². The van der Waals surface area contributed by atoms with Crippen molar-refractivity contribution in [2.24, 2.45) is 5.73 Å². The van der Waals surface area contributed by atoms with Crippen molar-refractivity contribution in [1.29, 1.82) is 0 Å². The summed E-state index contributed by atoms with van der Waals surface area (Å²) in [5, 5.41) is 8.91. The summed E-state index contributed by atoms with van der Waals surface area (Å²) in [5.41, 5.74) is 5.34. The van der Waals surface area contributed by atoms with Gasteiger partial charge in [0.25, 0.3) is 0 Å². The summed E-state index contributed by atoms with van der Waals surface area (Å²) in [4.78, 5) is 46.1. The first kappa shape index (κ1) is 58.0. The van der Waals surface area contributed by atoms with Crippen LogP contribution in [0.5, 0.6) is 0 Å². The van der Waals surface area contributed by atoms with Gasteiger partial charge in [0.15, 0.2) is 6.10 Å². The summed E-state index contributed by atoms with van der Waals surface area (Å²) in [5.74, 6) is -2.40. The van der Waals surface area contributed by atoms with Crippen LogP contribution in [-0.4, -0.2) is 59.9 Å². The molecule has 0 heterocycles. The van der Waals surface area contributed by atoms with E-state index < -0.39 is 51.1 Å². The fourth-order valence-electron chi connectivity index (χ4n) is 6.82. The lowest BCUT2D eigenvalue weighted by Crippen LogP contribution is -2.34. The van der Waals surface area contributed by atoms with Crippen molar-refractivity contribution in [1.82, 2.24) is 0 Å². The second-order valence-electron chi connectivity index (χ2n) is 16.6. The van der Waals surface area contributed by atoms with Crippen molar-refractivity contribution in [2.45, 2.75) is 244 Å². The van der Waals surface area contributed by atoms with E-state index in [0.29, 0.717) is 12.8 Å². The molecule has 0 fully saturated rings. The van der Waals surface area contributed by atoms with Crippen molar-refractivity contribution in [3.05, 3.63) is 24.3 Å². The van der Waals surface area contributed by atoms with E-state index in [2.05, 4.69) is 42.7 Å². The van der Waals surface area contributed by atoms with E-state index >= 15 is 0 Å². The van der Waals surface area contributed by atoms with E-state index in [9.17, 15) is 23.8 Å². The molecule has 60 heavy (non-hydrogen) atoms. The summed E-state index contributed by atoms with van der Waals surface area (Å²) >= 11 is 0. The van der Waals surface area contributed by atoms with Crippen LogP contribution in [0.25, 0.3) is 0 Å². The number of carboxylic acids is 1. The van der Waals surface area contributed by atoms with Crippen LogP contribution in [0.1, 0.15) is 232 Å². The molecule has 0 aliphatic carbocycles. The lowest BCUT2D eigenvalue weighted by Gasteiger charge is -2.20. The summed E-state index contributed by atoms with van der Waals surface area (Å²) in [6.45, 7) is 2.81. The molecule has 0 amide bonds. The van der Waals surface area contributed by atoms with Gasteiger partial charge >= 0.3 is 25.7 Å². The molecular weight excluding hydrogens is 781 g/mol. The number of hydrogen-bond acceptors (Lipinski definition) is 9. The zero-order valence-electron chi connectivity index (χ0n) is 38.3. The topological polar surface area (TPSA) is 172 Å². The van der Waals surface area contributed by atoms with Crippen molar-refractivity contribution in [2.75, 3.05) is 19.8 Å². The van der Waals surface area contributed by atoms with Gasteiger partial charge in [-0.2, -0.15) is 0 Å². The lowest BCUT2D eigenvalue weighted by atomic mass is 10.0. The number of nitrogens with two attached hydrogens (primary N) is 1. The van der Waals surface area contributed by atoms with Gasteiger partial charge in [0, 0.05) is 12.8 Å². The maximum absolute atomic E-state index is 12.7. The van der Waals surface area contributed by atoms with Gasteiger partial charge in [0.1, 0.15) is 12.6 Å². The van der Waals surface area contributed by atoms with Gasteiger partial charge in [0.05, 0.1) is 13.2 Å². The Kier molecular flexibility index (Phi) is 42.1. The van der Waals surface area contributed by atoms with E-state index in [0.717, 1.165) is 38.5 Å². The largest absolute Gasteiger partial charge is 0.480 e. The molecule has 0 saturated heterocycles. The Bertz CT molecular complexity index is 1120. The molecule has 4 N–H and O–H groups in total. The summed E-state index contributed by atoms with van der Waals surface area (Å²) in [7, 11) is -4.72. The zero-order chi connectivity index (χ0) is 44.2. The smallest absolute Gasteiger partial charge is 0.472 e. The van der Waals surface area contributed by atoms with Gasteiger partial charge in [-0.05, 0) is 64.2 Å². The quantitative estimate of drug-likeness (QED) is 0.0230. The second-order valence-corrected chi connectivity index (χ2v) is 18.0. The molecule has 1 unspecified atom stereocenters. The number of carboxylic acid groups (broad SMARTS) is 1. The minimum atomic E-state index is -4.72. The van der Waals surface area contributed by atoms with E-state index in [1.165, 1.54) is 154 Å². The summed E-state index contributed by atoms with van der Waals surface area (Å²) < 4.78 is 32.8. The normalized spacial score (nSPS) is 13.8. The SMILES string of the molecule is CCCCCCCC/C=C/CCCCCCCCCCCCCC(=O)O[C@@H](COC(=O)CCCC/C=C/CCCCCCCCCCC)COP(=O)(O)OC[C@H](N)C(=O)O. The van der Waals surface area contributed by atoms with E-state index in [4.69, 9.17) is 24.8 Å². The van der Waals surface area contributed by atoms with Gasteiger partial charge in [-0.15, -0.1) is 0 Å². The maximum atomic E-state index is 12.7. The highest BCUT2D eigenvalue weighted by Gasteiger charge is 2.28. The minimum Gasteiger partial charge on any atom is -0.480 e. The number of ether oxygens (including phenoxy) is 2. The average Bonchev–Trinajstić information content (AvgIpc) is 3.22. The first-order valence-electron chi connectivity index (χ1n) is 24.4. The van der Waals surface area contributed by atoms with Gasteiger partial charge in [0.2, 0.25) is 0 Å². The predicted molar refractivity (Wildman–Crippen MR) is 245 cm³/mol. The average molecular weight is 872 g/mol. The van der Waals surface area contributed by atoms with Crippen LogP contribution in [0.2, 0.25) is 0 Å². The van der Waals surface area contributed by atoms with Crippen LogP contribution in [-0.2, 0) is 37.5 Å². The zero-order valence-corrected chi connectivity index (χ0v) is 39.2. The monoisotopic (exact) mass is 872 g/mol. The number of carbonyl (C=O) groups is 3. The molecule has 0 rings (SSSR count). The molecule has 0 aromatic heterocycles. The molecule has 0 aromatic carbocycles. The Balaban J connectivity index is 4.27. The van der Waals surface area contributed by atoms with Crippen molar-refractivity contribution >= 4 is 25.7 Å². The van der Waals surface area contributed by atoms with Crippen LogP contribution >= 0.6 is 7.82 Å². The molecule has 0 aromatic rings. The first-order valence-corrected chi connectivity index (χ1v) is 25.9. The molecule has 3 atom stereocenters. The van der Waals surface area contributed by atoms with Crippen molar-refractivity contribution in [3.63, 3.8) is 0 Å². The predicted octanol–water partition coefficient (Wildman–Crippen LogP) is 13.4. The molecule has 352 valence electrons. The number of phosphoric ester groups is 1. The maximum Gasteiger partial charge on any atom is 0.472 e. The number of aliphatic carboxylic acids is 1. The van der Waals surface area contributed by atoms with Crippen LogP contribution in [0, 0.1) is 0 Å². The minimum absolute atomic E-state index is 0.159. The number of phosphoric acid groups is 1. The molecule has 0 spiro atoms. The van der Waals surface area contributed by atoms with E-state index in [-0.39, 0.29) is 19.4 Å². The molecule has 0 saturated carbocycles. The Morgan fingerprint density at radius 3 is 1.25 bits per heavy atom. The van der Waals surface area contributed by atoms with Crippen LogP contribution in [0.15, 0.2) is 24.3 Å². The van der Waals surface area contributed by atoms with Gasteiger partial charge in [-0.25, -0.2) is 4.57 Å². The van der Waals surface area contributed by atoms with E-state index in [1.807, 2.05) is 0 Å². The molecule has 0 bridgehead atoms. The fourth-order valence-corrected chi connectivity index (χ4v) is 7.60. The summed E-state index contributed by atoms with van der Waals surface area (Å²) in [6.07, 6.45) is 46.7. The van der Waals surface area contributed by atoms with Gasteiger partial charge in [-0.3, -0.25) is 23.4 Å². The molecule has 0 aliphatic rings. The van der Waals surface area contributed by atoms with E-state index in [1.54, 1.807) is 0 Å². The number of rotatable bonds is 46. The molecule has 0 aliphatic heterocycles. The standard InChI is InChI=1S/C48H90NO10P/c1-3-5-7-9-11-13-15-17-19-20-21-22-23-24-26-28-30-32-34-36-38-40-47(51)59-44(42-57-60(54,55)58-43-45(49)48(52)53)41-56-46(50)39-37-35-33-31-29-27-25-18-16-14-12-10-8-6-4-2/h17,19,29,31,44-45H,3-16,18,20-28,30,32-43,49H2,1-2H3,(H,52,53)(H,54,55)/b19-17+,31-29+/t44-,45-/m0/s1. The van der Waals surface area contributed by atoms with Crippen molar-refractivity contribution < 1.29 is 47.5 Å². The highest BCUT2D eigenvalue weighted by molar-refractivity contribution is 7.47. The van der Waals surface area contributed by atoms with Crippen LogP contribution < -0.4 is 5.73 Å². The number of unbranched alkanes of at least 4 members (excludes halogenated alkanes) is 28. The number of carbonyl (C=O) groups excluding carboxylic acids is 2. The molecule has 11 nitrogen and oxygen atoms in total. The van der Waals surface area contributed by atoms with Gasteiger partial charge < -0.3 is 25.2 Å². The number of esters is 2. The molecule has 0 radical (unpaired) electrons. The Morgan fingerprint density at radius 2 is 0.833 bits per heavy atom.